The summed E-state index contributed by atoms with van der Waals surface area (Å²) in [5.41, 5.74) is 7.76. The lowest BCUT2D eigenvalue weighted by Gasteiger charge is -2.26. The summed E-state index contributed by atoms with van der Waals surface area (Å²) in [6.45, 7) is 1.91. The molecule has 1 saturated heterocycles. The lowest BCUT2D eigenvalue weighted by molar-refractivity contribution is -0.132. The van der Waals surface area contributed by atoms with Crippen LogP contribution < -0.4 is 5.73 Å². The van der Waals surface area contributed by atoms with E-state index in [1.807, 2.05) is 23.1 Å². The average molecular weight is 246 g/mol. The highest BCUT2D eigenvalue weighted by atomic mass is 16.2. The summed E-state index contributed by atoms with van der Waals surface area (Å²) in [5.74, 6) is 0.318. The first kappa shape index (κ1) is 12.9. The number of piperidine rings is 1. The number of amides is 1. The Hall–Kier alpha value is -1.51. The molecule has 1 amide bonds. The second-order valence-corrected chi connectivity index (χ2v) is 5.04. The predicted molar refractivity (Wildman–Crippen MR) is 74.2 cm³/mol. The Morgan fingerprint density at radius 2 is 2.00 bits per heavy atom. The molecule has 3 heteroatoms. The molecule has 1 fully saturated rings. The van der Waals surface area contributed by atoms with Crippen molar-refractivity contribution >= 4 is 11.6 Å². The number of carbonyl (C=O) groups excluding carboxylic acids is 1. The molecule has 1 aliphatic heterocycles. The Morgan fingerprint density at radius 1 is 1.22 bits per heavy atom. The van der Waals surface area contributed by atoms with Crippen LogP contribution in [-0.2, 0) is 11.2 Å². The Bertz CT molecular complexity index is 397. The van der Waals surface area contributed by atoms with Crippen molar-refractivity contribution in [3.05, 3.63) is 29.8 Å². The van der Waals surface area contributed by atoms with Crippen molar-refractivity contribution in [3.63, 3.8) is 0 Å². The van der Waals surface area contributed by atoms with E-state index >= 15 is 0 Å². The second kappa shape index (κ2) is 6.43. The van der Waals surface area contributed by atoms with Crippen molar-refractivity contribution < 1.29 is 4.79 Å². The number of hydrogen-bond donors (Lipinski definition) is 1. The van der Waals surface area contributed by atoms with Gasteiger partial charge < -0.3 is 10.6 Å². The molecule has 0 radical (unpaired) electrons. The summed E-state index contributed by atoms with van der Waals surface area (Å²) in [7, 11) is 0. The van der Waals surface area contributed by atoms with Crippen molar-refractivity contribution in [2.75, 3.05) is 18.8 Å². The number of nitrogen functional groups attached to an aromatic ring is 1. The van der Waals surface area contributed by atoms with Gasteiger partial charge in [-0.2, -0.15) is 0 Å². The van der Waals surface area contributed by atoms with Gasteiger partial charge in [-0.3, -0.25) is 4.79 Å². The van der Waals surface area contributed by atoms with E-state index in [1.165, 1.54) is 24.8 Å². The quantitative estimate of drug-likeness (QED) is 0.830. The smallest absolute Gasteiger partial charge is 0.222 e. The third-order valence-electron chi connectivity index (χ3n) is 3.52. The van der Waals surface area contributed by atoms with Crippen LogP contribution >= 0.6 is 0 Å². The molecule has 0 spiro atoms. The van der Waals surface area contributed by atoms with Crippen LogP contribution in [0.4, 0.5) is 5.69 Å². The van der Waals surface area contributed by atoms with Crippen LogP contribution in [-0.4, -0.2) is 23.9 Å². The van der Waals surface area contributed by atoms with Gasteiger partial charge in [-0.15, -0.1) is 0 Å². The van der Waals surface area contributed by atoms with Gasteiger partial charge in [-0.05, 0) is 49.8 Å². The third kappa shape index (κ3) is 3.76. The van der Waals surface area contributed by atoms with E-state index in [0.717, 1.165) is 31.6 Å². The van der Waals surface area contributed by atoms with Crippen molar-refractivity contribution in [1.29, 1.82) is 0 Å². The van der Waals surface area contributed by atoms with Crippen molar-refractivity contribution in [2.24, 2.45) is 0 Å². The molecule has 0 saturated carbocycles. The minimum absolute atomic E-state index is 0.318. The van der Waals surface area contributed by atoms with E-state index in [0.29, 0.717) is 12.3 Å². The van der Waals surface area contributed by atoms with Crippen LogP contribution in [0.1, 0.15) is 37.7 Å². The van der Waals surface area contributed by atoms with E-state index in [1.54, 1.807) is 0 Å². The maximum atomic E-state index is 12.0. The Morgan fingerprint density at radius 3 is 2.72 bits per heavy atom. The van der Waals surface area contributed by atoms with Crippen LogP contribution in [0.3, 0.4) is 0 Å². The van der Waals surface area contributed by atoms with Crippen molar-refractivity contribution in [3.8, 4) is 0 Å². The monoisotopic (exact) mass is 246 g/mol. The fraction of sp³-hybridized carbons (Fsp3) is 0.533. The lowest BCUT2D eigenvalue weighted by atomic mass is 10.1. The summed E-state index contributed by atoms with van der Waals surface area (Å²) in [4.78, 5) is 14.0. The molecule has 3 nitrogen and oxygen atoms in total. The van der Waals surface area contributed by atoms with Gasteiger partial charge in [0.1, 0.15) is 0 Å². The molecule has 2 N–H and O–H groups in total. The van der Waals surface area contributed by atoms with Crippen LogP contribution in [0.5, 0.6) is 0 Å². The summed E-state index contributed by atoms with van der Waals surface area (Å²) < 4.78 is 0. The molecule has 0 aliphatic carbocycles. The van der Waals surface area contributed by atoms with Crippen LogP contribution in [0.15, 0.2) is 24.3 Å². The molecular weight excluding hydrogens is 224 g/mol. The summed E-state index contributed by atoms with van der Waals surface area (Å²) in [6, 6.07) is 7.92. The highest BCUT2D eigenvalue weighted by molar-refractivity contribution is 5.76. The minimum atomic E-state index is 0.318. The Labute approximate surface area is 109 Å². The highest BCUT2D eigenvalue weighted by Gasteiger charge is 2.15. The van der Waals surface area contributed by atoms with Crippen LogP contribution in [0.25, 0.3) is 0 Å². The first-order valence-corrected chi connectivity index (χ1v) is 6.88. The van der Waals surface area contributed by atoms with Crippen molar-refractivity contribution in [1.82, 2.24) is 4.90 Å². The molecule has 0 unspecified atom stereocenters. The molecule has 1 aliphatic rings. The Balaban J connectivity index is 1.73. The van der Waals surface area contributed by atoms with Crippen LogP contribution in [0.2, 0.25) is 0 Å². The molecule has 0 aromatic heterocycles. The predicted octanol–water partition coefficient (Wildman–Crippen LogP) is 2.60. The number of benzene rings is 1. The van der Waals surface area contributed by atoms with E-state index < -0.39 is 0 Å². The zero-order chi connectivity index (χ0) is 12.8. The van der Waals surface area contributed by atoms with Gasteiger partial charge in [-0.1, -0.05) is 12.1 Å². The van der Waals surface area contributed by atoms with E-state index in [-0.39, 0.29) is 0 Å². The Kier molecular flexibility index (Phi) is 4.62. The van der Waals surface area contributed by atoms with Gasteiger partial charge in [0.15, 0.2) is 0 Å². The number of anilines is 1. The maximum Gasteiger partial charge on any atom is 0.222 e. The number of likely N-dealkylation sites (tertiary alicyclic amines) is 1. The van der Waals surface area contributed by atoms with E-state index in [2.05, 4.69) is 6.07 Å². The zero-order valence-electron chi connectivity index (χ0n) is 10.9. The van der Waals surface area contributed by atoms with Crippen molar-refractivity contribution in [2.45, 2.75) is 38.5 Å². The van der Waals surface area contributed by atoms with Gasteiger partial charge in [0.2, 0.25) is 5.91 Å². The molecular formula is C15H22N2O. The van der Waals surface area contributed by atoms with Gasteiger partial charge in [0.05, 0.1) is 0 Å². The average Bonchev–Trinajstić information content (AvgIpc) is 2.40. The minimum Gasteiger partial charge on any atom is -0.399 e. The number of nitrogens with zero attached hydrogens (tertiary/aromatic N) is 1. The van der Waals surface area contributed by atoms with Crippen LogP contribution in [0, 0.1) is 0 Å². The summed E-state index contributed by atoms with van der Waals surface area (Å²) in [5, 5.41) is 0. The number of hydrogen-bond acceptors (Lipinski definition) is 2. The fourth-order valence-corrected chi connectivity index (χ4v) is 2.49. The number of aryl methyl sites for hydroxylation is 1. The fourth-order valence-electron chi connectivity index (χ4n) is 2.49. The number of carbonyl (C=O) groups is 1. The first-order valence-electron chi connectivity index (χ1n) is 6.88. The SMILES string of the molecule is Nc1cccc(CCCC(=O)N2CCCCC2)c1. The molecule has 1 aromatic rings. The number of rotatable bonds is 4. The van der Waals surface area contributed by atoms with E-state index in [4.69, 9.17) is 5.73 Å². The topological polar surface area (TPSA) is 46.3 Å². The first-order chi connectivity index (χ1) is 8.75. The van der Waals surface area contributed by atoms with Gasteiger partial charge in [0, 0.05) is 25.2 Å². The van der Waals surface area contributed by atoms with Gasteiger partial charge >= 0.3 is 0 Å². The molecule has 18 heavy (non-hydrogen) atoms. The lowest BCUT2D eigenvalue weighted by Crippen LogP contribution is -2.35. The second-order valence-electron chi connectivity index (χ2n) is 5.04. The largest absolute Gasteiger partial charge is 0.399 e. The highest BCUT2D eigenvalue weighted by Crippen LogP contribution is 2.13. The normalized spacial score (nSPS) is 15.7. The molecule has 1 aromatic carbocycles. The number of nitrogens with two attached hydrogens (primary N) is 1. The van der Waals surface area contributed by atoms with Gasteiger partial charge in [0.25, 0.3) is 0 Å². The molecule has 2 rings (SSSR count). The van der Waals surface area contributed by atoms with Gasteiger partial charge in [-0.25, -0.2) is 0 Å². The summed E-state index contributed by atoms with van der Waals surface area (Å²) in [6.07, 6.45) is 6.12. The maximum absolute atomic E-state index is 12.0. The standard InChI is InChI=1S/C15H22N2O/c16-14-8-4-6-13(12-14)7-5-9-15(18)17-10-2-1-3-11-17/h4,6,8,12H,1-3,5,7,9-11,16H2. The molecule has 0 atom stereocenters. The van der Waals surface area contributed by atoms with E-state index in [9.17, 15) is 4.79 Å². The molecule has 98 valence electrons. The summed E-state index contributed by atoms with van der Waals surface area (Å²) >= 11 is 0. The third-order valence-corrected chi connectivity index (χ3v) is 3.52. The molecule has 0 bridgehead atoms. The zero-order valence-corrected chi connectivity index (χ0v) is 10.9. The molecule has 1 heterocycles.